The van der Waals surface area contributed by atoms with Crippen molar-refractivity contribution >= 4 is 29.7 Å². The smallest absolute Gasteiger partial charge is 0.354 e. The summed E-state index contributed by atoms with van der Waals surface area (Å²) in [5.41, 5.74) is 3.65. The molecule has 0 radical (unpaired) electrons. The van der Waals surface area contributed by atoms with Gasteiger partial charge >= 0.3 is 5.97 Å². The van der Waals surface area contributed by atoms with E-state index in [0.29, 0.717) is 22.1 Å². The summed E-state index contributed by atoms with van der Waals surface area (Å²) < 4.78 is 1.72. The summed E-state index contributed by atoms with van der Waals surface area (Å²) in [6.07, 6.45) is 8.89. The predicted octanol–water partition coefficient (Wildman–Crippen LogP) is 4.46. The van der Waals surface area contributed by atoms with Gasteiger partial charge in [0.05, 0.1) is 11.4 Å². The standard InChI is InChI=1S/C22H16ClN5O2/c1-28-13-16(20(27-28)14-8-10-24-11-9-14)4-7-18-12-19(22(29)30)26-21(25-18)15-2-5-17(23)6-3-15/h2-13H,1H3,(H,29,30)/b7-4+. The number of aromatic nitrogens is 5. The van der Waals surface area contributed by atoms with Gasteiger partial charge in [-0.3, -0.25) is 9.67 Å². The summed E-state index contributed by atoms with van der Waals surface area (Å²) in [5, 5.41) is 14.5. The Morgan fingerprint density at radius 1 is 1.03 bits per heavy atom. The normalized spacial score (nSPS) is 11.1. The molecule has 0 aliphatic heterocycles. The lowest BCUT2D eigenvalue weighted by Crippen LogP contribution is -2.04. The number of hydrogen-bond donors (Lipinski definition) is 1. The number of pyridine rings is 1. The van der Waals surface area contributed by atoms with E-state index in [1.54, 1.807) is 47.4 Å². The van der Waals surface area contributed by atoms with Gasteiger partial charge < -0.3 is 5.11 Å². The molecule has 7 nitrogen and oxygen atoms in total. The summed E-state index contributed by atoms with van der Waals surface area (Å²) in [4.78, 5) is 24.2. The lowest BCUT2D eigenvalue weighted by atomic mass is 10.1. The van der Waals surface area contributed by atoms with Gasteiger partial charge in [-0.05, 0) is 54.6 Å². The highest BCUT2D eigenvalue weighted by atomic mass is 35.5. The molecule has 4 rings (SSSR count). The third-order valence-corrected chi connectivity index (χ3v) is 4.56. The molecule has 0 amide bonds. The Hall–Kier alpha value is -3.84. The van der Waals surface area contributed by atoms with Crippen LogP contribution in [0.3, 0.4) is 0 Å². The van der Waals surface area contributed by atoms with E-state index in [2.05, 4.69) is 20.1 Å². The van der Waals surface area contributed by atoms with E-state index in [1.807, 2.05) is 31.5 Å². The molecular formula is C22H16ClN5O2. The molecule has 0 unspecified atom stereocenters. The van der Waals surface area contributed by atoms with Crippen LogP contribution in [0.5, 0.6) is 0 Å². The maximum atomic E-state index is 11.6. The van der Waals surface area contributed by atoms with Crippen LogP contribution in [-0.4, -0.2) is 35.8 Å². The molecular weight excluding hydrogens is 402 g/mol. The molecule has 0 bridgehead atoms. The van der Waals surface area contributed by atoms with Crippen LogP contribution >= 0.6 is 11.6 Å². The highest BCUT2D eigenvalue weighted by Gasteiger charge is 2.12. The van der Waals surface area contributed by atoms with Crippen molar-refractivity contribution in [3.8, 4) is 22.6 Å². The van der Waals surface area contributed by atoms with E-state index in [9.17, 15) is 9.90 Å². The summed E-state index contributed by atoms with van der Waals surface area (Å²) in [5.74, 6) is -0.812. The molecule has 3 heterocycles. The first-order chi connectivity index (χ1) is 14.5. The number of carboxylic acids is 1. The molecule has 8 heteroatoms. The lowest BCUT2D eigenvalue weighted by molar-refractivity contribution is 0.0690. The van der Waals surface area contributed by atoms with Gasteiger partial charge in [0.2, 0.25) is 0 Å². The van der Waals surface area contributed by atoms with Gasteiger partial charge in [-0.15, -0.1) is 0 Å². The van der Waals surface area contributed by atoms with E-state index in [-0.39, 0.29) is 5.69 Å². The first-order valence-corrected chi connectivity index (χ1v) is 9.38. The number of carboxylic acid groups (broad SMARTS) is 1. The summed E-state index contributed by atoms with van der Waals surface area (Å²) in [7, 11) is 1.84. The van der Waals surface area contributed by atoms with Crippen LogP contribution in [0.15, 0.2) is 61.1 Å². The molecule has 0 fully saturated rings. The maximum Gasteiger partial charge on any atom is 0.354 e. The molecule has 0 aliphatic carbocycles. The van der Waals surface area contributed by atoms with Gasteiger partial charge in [0.25, 0.3) is 0 Å². The first kappa shape index (κ1) is 19.5. The van der Waals surface area contributed by atoms with Crippen molar-refractivity contribution < 1.29 is 9.90 Å². The summed E-state index contributed by atoms with van der Waals surface area (Å²) in [6, 6.07) is 12.1. The zero-order valence-electron chi connectivity index (χ0n) is 15.9. The Bertz CT molecular complexity index is 1230. The fourth-order valence-electron chi connectivity index (χ4n) is 2.93. The van der Waals surface area contributed by atoms with Crippen molar-refractivity contribution in [2.24, 2.45) is 7.05 Å². The second kappa shape index (κ2) is 8.26. The Labute approximate surface area is 177 Å². The molecule has 0 atom stereocenters. The maximum absolute atomic E-state index is 11.6. The van der Waals surface area contributed by atoms with Crippen LogP contribution in [0, 0.1) is 0 Å². The topological polar surface area (TPSA) is 93.8 Å². The number of nitrogens with zero attached hydrogens (tertiary/aromatic N) is 5. The van der Waals surface area contributed by atoms with E-state index in [1.165, 1.54) is 6.07 Å². The van der Waals surface area contributed by atoms with E-state index in [0.717, 1.165) is 16.8 Å². The lowest BCUT2D eigenvalue weighted by Gasteiger charge is -2.04. The molecule has 0 aliphatic rings. The molecule has 148 valence electrons. The fourth-order valence-corrected chi connectivity index (χ4v) is 3.05. The minimum absolute atomic E-state index is 0.0878. The Balaban J connectivity index is 1.74. The SMILES string of the molecule is Cn1cc(/C=C/c2cc(C(=O)O)nc(-c3ccc(Cl)cc3)n2)c(-c2ccncc2)n1. The second-order valence-electron chi connectivity index (χ2n) is 6.49. The molecule has 1 aromatic carbocycles. The van der Waals surface area contributed by atoms with Gasteiger partial charge in [-0.2, -0.15) is 5.10 Å². The average molecular weight is 418 g/mol. The molecule has 4 aromatic rings. The average Bonchev–Trinajstić information content (AvgIpc) is 3.13. The monoisotopic (exact) mass is 417 g/mol. The van der Waals surface area contributed by atoms with E-state index < -0.39 is 5.97 Å². The van der Waals surface area contributed by atoms with Crippen molar-refractivity contribution in [1.82, 2.24) is 24.7 Å². The minimum atomic E-state index is -1.12. The van der Waals surface area contributed by atoms with E-state index >= 15 is 0 Å². The number of aryl methyl sites for hydroxylation is 1. The van der Waals surface area contributed by atoms with Crippen molar-refractivity contribution in [3.63, 3.8) is 0 Å². The highest BCUT2D eigenvalue weighted by Crippen LogP contribution is 2.24. The van der Waals surface area contributed by atoms with Gasteiger partial charge in [-0.25, -0.2) is 14.8 Å². The number of carbonyl (C=O) groups is 1. The molecule has 1 N–H and O–H groups in total. The van der Waals surface area contributed by atoms with Crippen molar-refractivity contribution in [2.45, 2.75) is 0 Å². The van der Waals surface area contributed by atoms with Gasteiger partial charge in [0.1, 0.15) is 0 Å². The third-order valence-electron chi connectivity index (χ3n) is 4.31. The molecule has 0 saturated carbocycles. The first-order valence-electron chi connectivity index (χ1n) is 9.00. The Morgan fingerprint density at radius 2 is 1.77 bits per heavy atom. The number of benzene rings is 1. The van der Waals surface area contributed by atoms with Crippen molar-refractivity contribution in [3.05, 3.63) is 83.0 Å². The van der Waals surface area contributed by atoms with Crippen molar-refractivity contribution in [1.29, 1.82) is 0 Å². The van der Waals surface area contributed by atoms with Gasteiger partial charge in [0.15, 0.2) is 11.5 Å². The Morgan fingerprint density at radius 3 is 2.47 bits per heavy atom. The fraction of sp³-hybridized carbons (Fsp3) is 0.0455. The number of hydrogen-bond acceptors (Lipinski definition) is 5. The molecule has 3 aromatic heterocycles. The van der Waals surface area contributed by atoms with Crippen LogP contribution in [0.4, 0.5) is 0 Å². The second-order valence-corrected chi connectivity index (χ2v) is 6.93. The number of halogens is 1. The van der Waals surface area contributed by atoms with Crippen LogP contribution in [0.1, 0.15) is 21.7 Å². The van der Waals surface area contributed by atoms with Gasteiger partial charge in [0, 0.05) is 47.4 Å². The highest BCUT2D eigenvalue weighted by molar-refractivity contribution is 6.30. The summed E-state index contributed by atoms with van der Waals surface area (Å²) in [6.45, 7) is 0. The van der Waals surface area contributed by atoms with Crippen molar-refractivity contribution in [2.75, 3.05) is 0 Å². The van der Waals surface area contributed by atoms with Gasteiger partial charge in [-0.1, -0.05) is 11.6 Å². The molecule has 30 heavy (non-hydrogen) atoms. The zero-order valence-corrected chi connectivity index (χ0v) is 16.7. The third kappa shape index (κ3) is 4.26. The van der Waals surface area contributed by atoms with Crippen LogP contribution in [-0.2, 0) is 7.05 Å². The van der Waals surface area contributed by atoms with Crippen LogP contribution in [0.2, 0.25) is 5.02 Å². The Kier molecular flexibility index (Phi) is 5.36. The zero-order chi connectivity index (χ0) is 21.1. The molecule has 0 saturated heterocycles. The molecule has 0 spiro atoms. The quantitative estimate of drug-likeness (QED) is 0.515. The summed E-state index contributed by atoms with van der Waals surface area (Å²) >= 11 is 5.94. The minimum Gasteiger partial charge on any atom is -0.477 e. The van der Waals surface area contributed by atoms with Crippen LogP contribution in [0.25, 0.3) is 34.8 Å². The van der Waals surface area contributed by atoms with E-state index in [4.69, 9.17) is 11.6 Å². The number of aromatic carboxylic acids is 1. The number of rotatable bonds is 5. The van der Waals surface area contributed by atoms with Crippen LogP contribution < -0.4 is 0 Å². The predicted molar refractivity (Wildman–Crippen MR) is 115 cm³/mol. The largest absolute Gasteiger partial charge is 0.477 e.